The van der Waals surface area contributed by atoms with Gasteiger partial charge >= 0.3 is 0 Å². The van der Waals surface area contributed by atoms with Crippen molar-refractivity contribution in [1.82, 2.24) is 4.57 Å². The topological polar surface area (TPSA) is 8.17 Å². The smallest absolute Gasteiger partial charge is 0.0755 e. The standard InChI is InChI=1S/C74H48N2/c1-4-22-49(23-5-1)50-40-42-51(43-41-50)56-28-13-19-37-69(56)75(54-44-45-60-59-31-10-15-33-63(59)73(67(60)47-54,52-24-6-2-7-25-52)53-26-8-3-9-27-53)55-46-62-61-32-14-20-38-70(61)76-71-39-21-18-36-66(71)74(68(48-55)72(62)76)64-34-16-11-29-57(64)58-30-12-17-35-65(58)74/h1-48H. The van der Waals surface area contributed by atoms with Gasteiger partial charge in [-0.15, -0.1) is 0 Å². The van der Waals surface area contributed by atoms with Gasteiger partial charge in [-0.1, -0.05) is 249 Å². The van der Waals surface area contributed by atoms with E-state index in [0.717, 1.165) is 28.2 Å². The highest BCUT2D eigenvalue weighted by Gasteiger charge is 2.51. The van der Waals surface area contributed by atoms with Crippen molar-refractivity contribution in [3.8, 4) is 50.2 Å². The fraction of sp³-hybridized carbons (Fsp3) is 0.0270. The van der Waals surface area contributed by atoms with Crippen LogP contribution in [0.4, 0.5) is 17.1 Å². The molecule has 2 aliphatic carbocycles. The Labute approximate surface area is 442 Å². The highest BCUT2D eigenvalue weighted by Crippen LogP contribution is 2.63. The first-order chi connectivity index (χ1) is 37.7. The van der Waals surface area contributed by atoms with Crippen LogP contribution in [0.3, 0.4) is 0 Å². The lowest BCUT2D eigenvalue weighted by atomic mass is 9.65. The number of rotatable bonds is 7. The van der Waals surface area contributed by atoms with Gasteiger partial charge in [-0.05, 0) is 126 Å². The van der Waals surface area contributed by atoms with Gasteiger partial charge in [0.05, 0.1) is 33.2 Å². The Bertz CT molecular complexity index is 4370. The van der Waals surface area contributed by atoms with Crippen molar-refractivity contribution < 1.29 is 0 Å². The van der Waals surface area contributed by atoms with E-state index in [1.54, 1.807) is 0 Å². The summed E-state index contributed by atoms with van der Waals surface area (Å²) in [6, 6.07) is 109. The molecule has 0 atom stereocenters. The van der Waals surface area contributed by atoms with Crippen LogP contribution in [0.25, 0.3) is 72.0 Å². The molecule has 13 aromatic rings. The molecule has 0 fully saturated rings. The van der Waals surface area contributed by atoms with Crippen LogP contribution in [0, 0.1) is 0 Å². The molecule has 3 aliphatic rings. The second-order valence-electron chi connectivity index (χ2n) is 20.7. The van der Waals surface area contributed by atoms with E-state index in [-0.39, 0.29) is 0 Å². The molecular formula is C74H48N2. The van der Waals surface area contributed by atoms with Crippen LogP contribution in [0.1, 0.15) is 44.5 Å². The molecular weight excluding hydrogens is 917 g/mol. The third kappa shape index (κ3) is 5.76. The molecule has 2 nitrogen and oxygen atoms in total. The Morgan fingerprint density at radius 3 is 1.41 bits per heavy atom. The summed E-state index contributed by atoms with van der Waals surface area (Å²) in [7, 11) is 0. The third-order valence-electron chi connectivity index (χ3n) is 17.1. The van der Waals surface area contributed by atoms with E-state index in [1.165, 1.54) is 105 Å². The Morgan fingerprint density at radius 2 is 0.750 bits per heavy atom. The highest BCUT2D eigenvalue weighted by atomic mass is 15.1. The van der Waals surface area contributed by atoms with Gasteiger partial charge < -0.3 is 9.47 Å². The molecule has 76 heavy (non-hydrogen) atoms. The first-order valence-electron chi connectivity index (χ1n) is 26.5. The van der Waals surface area contributed by atoms with E-state index in [9.17, 15) is 0 Å². The van der Waals surface area contributed by atoms with E-state index in [0.29, 0.717) is 0 Å². The molecule has 2 heteroatoms. The molecule has 1 aliphatic heterocycles. The van der Waals surface area contributed by atoms with Crippen molar-refractivity contribution in [3.63, 3.8) is 0 Å². The first kappa shape index (κ1) is 42.7. The molecule has 0 bridgehead atoms. The minimum absolute atomic E-state index is 0.586. The largest absolute Gasteiger partial charge is 0.310 e. The molecule has 1 aromatic heterocycles. The van der Waals surface area contributed by atoms with Crippen LogP contribution in [-0.2, 0) is 10.8 Å². The van der Waals surface area contributed by atoms with E-state index in [1.807, 2.05) is 0 Å². The number of hydrogen-bond acceptors (Lipinski definition) is 1. The summed E-state index contributed by atoms with van der Waals surface area (Å²) >= 11 is 0. The van der Waals surface area contributed by atoms with Crippen LogP contribution >= 0.6 is 0 Å². The molecule has 16 rings (SSSR count). The van der Waals surface area contributed by atoms with Crippen LogP contribution in [-0.4, -0.2) is 4.57 Å². The molecule has 0 N–H and O–H groups in total. The summed E-state index contributed by atoms with van der Waals surface area (Å²) in [4.78, 5) is 2.58. The van der Waals surface area contributed by atoms with Gasteiger partial charge in [0.15, 0.2) is 0 Å². The SMILES string of the molecule is c1ccc(-c2ccc(-c3ccccc3N(c3ccc4c(c3)C(c3ccccc3)(c3ccccc3)c3ccccc3-4)c3cc4c5c(c3)c3ccccc3n5-c3ccccc3C43c4ccccc4-c4ccccc43)cc2)cc1. The Balaban J connectivity index is 1.03. The van der Waals surface area contributed by atoms with Crippen molar-refractivity contribution in [2.75, 3.05) is 4.90 Å². The minimum Gasteiger partial charge on any atom is -0.310 e. The molecule has 354 valence electrons. The second-order valence-corrected chi connectivity index (χ2v) is 20.7. The lowest BCUT2D eigenvalue weighted by Gasteiger charge is -2.40. The van der Waals surface area contributed by atoms with Gasteiger partial charge in [0.2, 0.25) is 0 Å². The number of aromatic nitrogens is 1. The first-order valence-corrected chi connectivity index (χ1v) is 26.5. The van der Waals surface area contributed by atoms with Gasteiger partial charge in [0.25, 0.3) is 0 Å². The van der Waals surface area contributed by atoms with Crippen molar-refractivity contribution in [2.45, 2.75) is 10.8 Å². The van der Waals surface area contributed by atoms with Crippen molar-refractivity contribution in [3.05, 3.63) is 336 Å². The van der Waals surface area contributed by atoms with Crippen molar-refractivity contribution in [1.29, 1.82) is 0 Å². The maximum Gasteiger partial charge on any atom is 0.0755 e. The fourth-order valence-corrected chi connectivity index (χ4v) is 14.1. The van der Waals surface area contributed by atoms with Crippen molar-refractivity contribution in [2.24, 2.45) is 0 Å². The number of nitrogens with zero attached hydrogens (tertiary/aromatic N) is 2. The van der Waals surface area contributed by atoms with E-state index in [2.05, 4.69) is 301 Å². The Morgan fingerprint density at radius 1 is 0.276 bits per heavy atom. The fourth-order valence-electron chi connectivity index (χ4n) is 14.1. The van der Waals surface area contributed by atoms with Crippen LogP contribution in [0.5, 0.6) is 0 Å². The number of fused-ring (bicyclic) bond motifs is 15. The predicted octanol–water partition coefficient (Wildman–Crippen LogP) is 18.6. The molecule has 0 saturated heterocycles. The maximum absolute atomic E-state index is 2.58. The average Bonchev–Trinajstić information content (AvgIpc) is 4.27. The zero-order valence-electron chi connectivity index (χ0n) is 41.6. The van der Waals surface area contributed by atoms with Gasteiger partial charge in [0, 0.05) is 27.7 Å². The number of anilines is 3. The molecule has 0 radical (unpaired) electrons. The highest BCUT2D eigenvalue weighted by molar-refractivity contribution is 6.14. The van der Waals surface area contributed by atoms with Gasteiger partial charge in [-0.3, -0.25) is 0 Å². The van der Waals surface area contributed by atoms with E-state index >= 15 is 0 Å². The lowest BCUT2D eigenvalue weighted by Crippen LogP contribution is -2.33. The minimum atomic E-state index is -0.615. The van der Waals surface area contributed by atoms with Gasteiger partial charge in [-0.2, -0.15) is 0 Å². The maximum atomic E-state index is 2.58. The average molecular weight is 965 g/mol. The van der Waals surface area contributed by atoms with Crippen LogP contribution < -0.4 is 4.90 Å². The summed E-state index contributed by atoms with van der Waals surface area (Å²) in [6.07, 6.45) is 0. The molecule has 0 unspecified atom stereocenters. The Hall–Kier alpha value is -9.76. The molecule has 0 saturated carbocycles. The van der Waals surface area contributed by atoms with E-state index in [4.69, 9.17) is 0 Å². The predicted molar refractivity (Wildman–Crippen MR) is 315 cm³/mol. The summed E-state index contributed by atoms with van der Waals surface area (Å²) in [6.45, 7) is 0. The lowest BCUT2D eigenvalue weighted by molar-refractivity contribution is 0.748. The van der Waals surface area contributed by atoms with Crippen molar-refractivity contribution >= 4 is 38.9 Å². The Kier molecular flexibility index (Phi) is 9.20. The quantitative estimate of drug-likeness (QED) is 0.155. The summed E-state index contributed by atoms with van der Waals surface area (Å²) in [5, 5.41) is 2.46. The van der Waals surface area contributed by atoms with Crippen LogP contribution in [0.2, 0.25) is 0 Å². The molecule has 0 amide bonds. The van der Waals surface area contributed by atoms with E-state index < -0.39 is 10.8 Å². The number of para-hydroxylation sites is 3. The summed E-state index contributed by atoms with van der Waals surface area (Å²) in [5.74, 6) is 0. The molecule has 2 heterocycles. The molecule has 1 spiro atoms. The van der Waals surface area contributed by atoms with Gasteiger partial charge in [-0.25, -0.2) is 0 Å². The second kappa shape index (κ2) is 16.4. The molecule has 12 aromatic carbocycles. The number of benzene rings is 12. The number of hydrogen-bond donors (Lipinski definition) is 0. The monoisotopic (exact) mass is 964 g/mol. The summed E-state index contributed by atoms with van der Waals surface area (Å²) in [5.41, 5.74) is 25.8. The van der Waals surface area contributed by atoms with Crippen LogP contribution in [0.15, 0.2) is 291 Å². The zero-order chi connectivity index (χ0) is 50.0. The zero-order valence-corrected chi connectivity index (χ0v) is 41.6. The summed E-state index contributed by atoms with van der Waals surface area (Å²) < 4.78 is 2.56. The third-order valence-corrected chi connectivity index (χ3v) is 17.1. The normalized spacial score (nSPS) is 13.7. The van der Waals surface area contributed by atoms with Gasteiger partial charge in [0.1, 0.15) is 0 Å².